The summed E-state index contributed by atoms with van der Waals surface area (Å²) in [6, 6.07) is 9.87. The number of hydrogen-bond acceptors (Lipinski definition) is 5. The fraction of sp³-hybridized carbons (Fsp3) is 0.500. The van der Waals surface area contributed by atoms with Crippen molar-refractivity contribution in [3.05, 3.63) is 71.6 Å². The summed E-state index contributed by atoms with van der Waals surface area (Å²) in [5.41, 5.74) is 2.90. The van der Waals surface area contributed by atoms with Gasteiger partial charge in [-0.15, -0.1) is 0 Å². The Morgan fingerprint density at radius 1 is 0.912 bits per heavy atom. The molecular weight excluding hydrogens is 426 g/mol. The molecule has 0 saturated heterocycles. The molecule has 2 heterocycles. The van der Waals surface area contributed by atoms with Crippen LogP contribution in [0.1, 0.15) is 67.0 Å². The fourth-order valence-electron chi connectivity index (χ4n) is 4.13. The molecule has 3 N–H and O–H groups in total. The molecule has 0 radical (unpaired) electrons. The second-order valence-electron chi connectivity index (χ2n) is 8.76. The lowest BCUT2D eigenvalue weighted by Gasteiger charge is -2.21. The van der Waals surface area contributed by atoms with Gasteiger partial charge in [0, 0.05) is 49.5 Å². The van der Waals surface area contributed by atoms with E-state index in [2.05, 4.69) is 49.1 Å². The molecule has 8 nitrogen and oxygen atoms in total. The Balaban J connectivity index is 1.45. The highest BCUT2D eigenvalue weighted by Crippen LogP contribution is 2.13. The van der Waals surface area contributed by atoms with Crippen LogP contribution in [0.2, 0.25) is 0 Å². The Kier molecular flexibility index (Phi) is 10.8. The van der Waals surface area contributed by atoms with Crippen LogP contribution in [0.15, 0.2) is 48.9 Å². The van der Waals surface area contributed by atoms with Gasteiger partial charge in [-0.3, -0.25) is 14.8 Å². The minimum atomic E-state index is -0.00424. The smallest absolute Gasteiger partial charge is 0.251 e. The predicted octanol–water partition coefficient (Wildman–Crippen LogP) is 3.97. The van der Waals surface area contributed by atoms with Crippen molar-refractivity contribution in [2.24, 2.45) is 0 Å². The standard InChI is InChI=1S/C26H39N7O/c1-3-16-32(17-4-2)18-6-5-12-29-26(34)23-9-7-22(8-10-23)19-33(20-24-11-13-30-31-24)21-25-27-14-15-28-25/h7-11,13-15H,3-6,12,16-21H2,1-2H3,(H,27,28)(H,29,34)(H,30,31). The van der Waals surface area contributed by atoms with Gasteiger partial charge in [-0.05, 0) is 69.1 Å². The SMILES string of the molecule is CCCN(CCC)CCCCNC(=O)c1ccc(CN(Cc2ccn[nH]2)Cc2ncc[nH]2)cc1. The van der Waals surface area contributed by atoms with Crippen LogP contribution in [0, 0.1) is 0 Å². The number of carbonyl (C=O) groups excluding carboxylic acids is 1. The van der Waals surface area contributed by atoms with Gasteiger partial charge in [-0.1, -0.05) is 26.0 Å². The summed E-state index contributed by atoms with van der Waals surface area (Å²) >= 11 is 0. The molecule has 1 aromatic carbocycles. The Labute approximate surface area is 203 Å². The van der Waals surface area contributed by atoms with Crippen molar-refractivity contribution in [3.8, 4) is 0 Å². The van der Waals surface area contributed by atoms with Gasteiger partial charge in [-0.2, -0.15) is 5.10 Å². The van der Waals surface area contributed by atoms with Crippen molar-refractivity contribution in [2.75, 3.05) is 26.2 Å². The van der Waals surface area contributed by atoms with E-state index in [-0.39, 0.29) is 5.91 Å². The molecule has 0 atom stereocenters. The third-order valence-corrected chi connectivity index (χ3v) is 5.77. The molecule has 0 aliphatic heterocycles. The molecule has 0 saturated carbocycles. The van der Waals surface area contributed by atoms with E-state index < -0.39 is 0 Å². The van der Waals surface area contributed by atoms with Gasteiger partial charge in [0.15, 0.2) is 0 Å². The van der Waals surface area contributed by atoms with Crippen molar-refractivity contribution >= 4 is 5.91 Å². The molecule has 8 heteroatoms. The Morgan fingerprint density at radius 3 is 2.35 bits per heavy atom. The van der Waals surface area contributed by atoms with Gasteiger partial charge in [-0.25, -0.2) is 4.98 Å². The topological polar surface area (TPSA) is 92.9 Å². The first kappa shape index (κ1) is 25.6. The highest BCUT2D eigenvalue weighted by Gasteiger charge is 2.12. The van der Waals surface area contributed by atoms with Gasteiger partial charge in [0.2, 0.25) is 0 Å². The molecule has 0 unspecified atom stereocenters. The number of nitrogens with one attached hydrogen (secondary N) is 3. The monoisotopic (exact) mass is 465 g/mol. The minimum absolute atomic E-state index is 0.00424. The number of H-pyrrole nitrogens is 2. The lowest BCUT2D eigenvalue weighted by Crippen LogP contribution is -2.28. The van der Waals surface area contributed by atoms with Crippen LogP contribution in [-0.4, -0.2) is 62.1 Å². The second-order valence-corrected chi connectivity index (χ2v) is 8.76. The first-order chi connectivity index (χ1) is 16.7. The number of hydrogen-bond donors (Lipinski definition) is 3. The largest absolute Gasteiger partial charge is 0.352 e. The van der Waals surface area contributed by atoms with Gasteiger partial charge in [0.25, 0.3) is 5.91 Å². The maximum atomic E-state index is 12.5. The van der Waals surface area contributed by atoms with Crippen LogP contribution in [0.3, 0.4) is 0 Å². The third-order valence-electron chi connectivity index (χ3n) is 5.77. The van der Waals surface area contributed by atoms with E-state index in [1.807, 2.05) is 36.5 Å². The summed E-state index contributed by atoms with van der Waals surface area (Å²) in [4.78, 5) is 24.9. The molecule has 0 spiro atoms. The summed E-state index contributed by atoms with van der Waals surface area (Å²) in [5, 5.41) is 10.1. The van der Waals surface area contributed by atoms with E-state index >= 15 is 0 Å². The number of aromatic amines is 2. The normalized spacial score (nSPS) is 11.4. The van der Waals surface area contributed by atoms with Gasteiger partial charge < -0.3 is 15.2 Å². The number of imidazole rings is 1. The molecule has 184 valence electrons. The molecule has 0 aliphatic rings. The van der Waals surface area contributed by atoms with Crippen LogP contribution in [-0.2, 0) is 19.6 Å². The van der Waals surface area contributed by atoms with Gasteiger partial charge in [0.05, 0.1) is 6.54 Å². The van der Waals surface area contributed by atoms with Crippen LogP contribution >= 0.6 is 0 Å². The molecular formula is C26H39N7O. The quantitative estimate of drug-likeness (QED) is 0.278. The van der Waals surface area contributed by atoms with Crippen LogP contribution in [0.4, 0.5) is 0 Å². The van der Waals surface area contributed by atoms with Crippen LogP contribution < -0.4 is 5.32 Å². The molecule has 3 aromatic rings. The zero-order valence-corrected chi connectivity index (χ0v) is 20.6. The molecule has 0 aliphatic carbocycles. The zero-order chi connectivity index (χ0) is 24.0. The summed E-state index contributed by atoms with van der Waals surface area (Å²) < 4.78 is 0. The van der Waals surface area contributed by atoms with Crippen molar-refractivity contribution in [3.63, 3.8) is 0 Å². The zero-order valence-electron chi connectivity index (χ0n) is 20.6. The average Bonchev–Trinajstić information content (AvgIpc) is 3.54. The van der Waals surface area contributed by atoms with Crippen molar-refractivity contribution in [1.82, 2.24) is 35.3 Å². The first-order valence-electron chi connectivity index (χ1n) is 12.5. The molecule has 3 rings (SSSR count). The Hall–Kier alpha value is -2.97. The number of carbonyl (C=O) groups is 1. The second kappa shape index (κ2) is 14.3. The third kappa shape index (κ3) is 8.76. The fourth-order valence-corrected chi connectivity index (χ4v) is 4.13. The molecule has 2 aromatic heterocycles. The highest BCUT2D eigenvalue weighted by atomic mass is 16.1. The van der Waals surface area contributed by atoms with E-state index in [1.165, 1.54) is 12.8 Å². The molecule has 1 amide bonds. The summed E-state index contributed by atoms with van der Waals surface area (Å²) in [6.45, 7) is 10.8. The van der Waals surface area contributed by atoms with E-state index in [1.54, 1.807) is 12.4 Å². The number of benzene rings is 1. The van der Waals surface area contributed by atoms with Crippen molar-refractivity contribution < 1.29 is 4.79 Å². The van der Waals surface area contributed by atoms with E-state index in [0.717, 1.165) is 62.6 Å². The summed E-state index contributed by atoms with van der Waals surface area (Å²) in [6.07, 6.45) is 9.87. The van der Waals surface area contributed by atoms with E-state index in [0.29, 0.717) is 18.7 Å². The van der Waals surface area contributed by atoms with Crippen LogP contribution in [0.25, 0.3) is 0 Å². The number of rotatable bonds is 16. The predicted molar refractivity (Wildman–Crippen MR) is 135 cm³/mol. The number of nitrogens with zero attached hydrogens (tertiary/aromatic N) is 4. The average molecular weight is 466 g/mol. The van der Waals surface area contributed by atoms with Crippen molar-refractivity contribution in [2.45, 2.75) is 59.2 Å². The summed E-state index contributed by atoms with van der Waals surface area (Å²) in [5.74, 6) is 0.915. The maximum absolute atomic E-state index is 12.5. The van der Waals surface area contributed by atoms with Crippen molar-refractivity contribution in [1.29, 1.82) is 0 Å². The molecule has 0 bridgehead atoms. The van der Waals surface area contributed by atoms with Crippen LogP contribution in [0.5, 0.6) is 0 Å². The lowest BCUT2D eigenvalue weighted by atomic mass is 10.1. The van der Waals surface area contributed by atoms with E-state index in [4.69, 9.17) is 0 Å². The van der Waals surface area contributed by atoms with Gasteiger partial charge >= 0.3 is 0 Å². The van der Waals surface area contributed by atoms with Gasteiger partial charge in [0.1, 0.15) is 5.82 Å². The first-order valence-corrected chi connectivity index (χ1v) is 12.5. The maximum Gasteiger partial charge on any atom is 0.251 e. The molecule has 34 heavy (non-hydrogen) atoms. The Bertz CT molecular complexity index is 880. The molecule has 0 fully saturated rings. The Morgan fingerprint density at radius 2 is 1.71 bits per heavy atom. The number of unbranched alkanes of at least 4 members (excludes halogenated alkanes) is 1. The minimum Gasteiger partial charge on any atom is -0.352 e. The summed E-state index contributed by atoms with van der Waals surface area (Å²) in [7, 11) is 0. The number of amides is 1. The highest BCUT2D eigenvalue weighted by molar-refractivity contribution is 5.94. The lowest BCUT2D eigenvalue weighted by molar-refractivity contribution is 0.0952. The van der Waals surface area contributed by atoms with E-state index in [9.17, 15) is 4.79 Å². The number of aromatic nitrogens is 4.